The van der Waals surface area contributed by atoms with Crippen molar-refractivity contribution in [3.05, 3.63) is 51.0 Å². The van der Waals surface area contributed by atoms with Crippen LogP contribution < -0.4 is 5.32 Å². The van der Waals surface area contributed by atoms with Crippen molar-refractivity contribution in [1.29, 1.82) is 0 Å². The van der Waals surface area contributed by atoms with Crippen LogP contribution in [0.3, 0.4) is 0 Å². The van der Waals surface area contributed by atoms with Gasteiger partial charge in [0.05, 0.1) is 0 Å². The van der Waals surface area contributed by atoms with E-state index in [-0.39, 0.29) is 0 Å². The zero-order valence-electron chi connectivity index (χ0n) is 9.14. The number of anilines is 2. The molecule has 3 aromatic rings. The van der Waals surface area contributed by atoms with E-state index in [1.165, 1.54) is 3.57 Å². The number of fused-ring (bicyclic) bond motifs is 1. The fourth-order valence-electron chi connectivity index (χ4n) is 1.65. The molecule has 0 saturated heterocycles. The summed E-state index contributed by atoms with van der Waals surface area (Å²) in [4.78, 5) is 8.70. The average molecular weight is 415 g/mol. The second kappa shape index (κ2) is 4.85. The zero-order chi connectivity index (χ0) is 12.5. The highest BCUT2D eigenvalue weighted by molar-refractivity contribution is 14.1. The highest BCUT2D eigenvalue weighted by Gasteiger charge is 2.06. The van der Waals surface area contributed by atoms with Gasteiger partial charge in [-0.15, -0.1) is 0 Å². The van der Waals surface area contributed by atoms with E-state index in [1.54, 1.807) is 6.20 Å². The van der Waals surface area contributed by atoms with Crippen molar-refractivity contribution in [2.24, 2.45) is 0 Å². The molecule has 0 radical (unpaired) electrons. The molecule has 0 bridgehead atoms. The van der Waals surface area contributed by atoms with Crippen molar-refractivity contribution in [2.75, 3.05) is 5.32 Å². The monoisotopic (exact) mass is 414 g/mol. The number of nitrogens with zero attached hydrogens (tertiary/aromatic N) is 3. The van der Waals surface area contributed by atoms with E-state index in [9.17, 15) is 0 Å². The first-order valence-electron chi connectivity index (χ1n) is 5.24. The number of rotatable bonds is 2. The lowest BCUT2D eigenvalue weighted by atomic mass is 10.3. The van der Waals surface area contributed by atoms with E-state index >= 15 is 0 Å². The Bertz CT molecular complexity index is 693. The number of imidazole rings is 1. The van der Waals surface area contributed by atoms with Crippen molar-refractivity contribution in [3.8, 4) is 0 Å². The van der Waals surface area contributed by atoms with E-state index < -0.39 is 0 Å². The molecule has 0 fully saturated rings. The summed E-state index contributed by atoms with van der Waals surface area (Å²) in [6, 6.07) is 8.13. The molecule has 4 nitrogen and oxygen atoms in total. The molecule has 0 atom stereocenters. The largest absolute Gasteiger partial charge is 0.337 e. The van der Waals surface area contributed by atoms with Crippen LogP contribution in [-0.2, 0) is 0 Å². The number of benzene rings is 1. The highest BCUT2D eigenvalue weighted by Crippen LogP contribution is 2.21. The molecule has 0 spiro atoms. The van der Waals surface area contributed by atoms with Crippen LogP contribution in [0.15, 0.2) is 47.5 Å². The molecule has 6 heteroatoms. The van der Waals surface area contributed by atoms with Gasteiger partial charge in [-0.25, -0.2) is 9.97 Å². The Balaban J connectivity index is 2.03. The van der Waals surface area contributed by atoms with Gasteiger partial charge >= 0.3 is 0 Å². The first-order chi connectivity index (χ1) is 8.72. The van der Waals surface area contributed by atoms with E-state index in [0.29, 0.717) is 0 Å². The van der Waals surface area contributed by atoms with E-state index in [1.807, 2.05) is 41.1 Å². The standard InChI is InChI=1S/C12H8BrIN4/c13-10-7-18-6-5-15-12(18)11(17-10)16-9-3-1-8(14)2-4-9/h1-7H,(H,16,17). The predicted octanol–water partition coefficient (Wildman–Crippen LogP) is 3.84. The summed E-state index contributed by atoms with van der Waals surface area (Å²) in [6.45, 7) is 0. The third kappa shape index (κ3) is 2.35. The number of hydrogen-bond donors (Lipinski definition) is 1. The van der Waals surface area contributed by atoms with Gasteiger partial charge in [0.2, 0.25) is 0 Å². The van der Waals surface area contributed by atoms with Crippen LogP contribution in [0, 0.1) is 3.57 Å². The molecule has 0 amide bonds. The minimum Gasteiger partial charge on any atom is -0.337 e. The van der Waals surface area contributed by atoms with Gasteiger partial charge in [-0.1, -0.05) is 0 Å². The Morgan fingerprint density at radius 1 is 1.22 bits per heavy atom. The quantitative estimate of drug-likeness (QED) is 0.648. The molecular weight excluding hydrogens is 407 g/mol. The Labute approximate surface area is 126 Å². The summed E-state index contributed by atoms with van der Waals surface area (Å²) < 4.78 is 3.89. The molecule has 0 aliphatic heterocycles. The Morgan fingerprint density at radius 2 is 2.00 bits per heavy atom. The zero-order valence-corrected chi connectivity index (χ0v) is 12.9. The van der Waals surface area contributed by atoms with Gasteiger partial charge in [-0.3, -0.25) is 0 Å². The summed E-state index contributed by atoms with van der Waals surface area (Å²) in [5, 5.41) is 3.27. The van der Waals surface area contributed by atoms with Crippen molar-refractivity contribution >= 4 is 55.7 Å². The number of aromatic nitrogens is 3. The molecule has 3 rings (SSSR count). The lowest BCUT2D eigenvalue weighted by molar-refractivity contribution is 1.10. The fourth-order valence-corrected chi connectivity index (χ4v) is 2.41. The van der Waals surface area contributed by atoms with Crippen LogP contribution >= 0.6 is 38.5 Å². The smallest absolute Gasteiger partial charge is 0.180 e. The van der Waals surface area contributed by atoms with Crippen LogP contribution in [0.2, 0.25) is 0 Å². The summed E-state index contributed by atoms with van der Waals surface area (Å²) in [6.07, 6.45) is 5.52. The summed E-state index contributed by atoms with van der Waals surface area (Å²) >= 11 is 5.67. The van der Waals surface area contributed by atoms with Gasteiger partial charge in [-0.05, 0) is 62.8 Å². The molecule has 0 unspecified atom stereocenters. The molecular formula is C12H8BrIN4. The van der Waals surface area contributed by atoms with E-state index in [0.717, 1.165) is 21.8 Å². The molecule has 0 aliphatic rings. The lowest BCUT2D eigenvalue weighted by Crippen LogP contribution is -1.98. The Hall–Kier alpha value is -1.15. The molecule has 90 valence electrons. The van der Waals surface area contributed by atoms with Gasteiger partial charge in [0, 0.05) is 27.8 Å². The SMILES string of the molecule is Brc1cn2ccnc2c(Nc2ccc(I)cc2)n1. The Morgan fingerprint density at radius 3 is 2.78 bits per heavy atom. The fraction of sp³-hybridized carbons (Fsp3) is 0. The van der Waals surface area contributed by atoms with Gasteiger partial charge in [0.25, 0.3) is 0 Å². The normalized spacial score (nSPS) is 10.8. The van der Waals surface area contributed by atoms with Gasteiger partial charge in [0.15, 0.2) is 11.5 Å². The summed E-state index contributed by atoms with van der Waals surface area (Å²) in [5.74, 6) is 0.732. The third-order valence-corrected chi connectivity index (χ3v) is 3.55. The van der Waals surface area contributed by atoms with Crippen LogP contribution in [0.4, 0.5) is 11.5 Å². The van der Waals surface area contributed by atoms with E-state index in [2.05, 4.69) is 53.8 Å². The van der Waals surface area contributed by atoms with Crippen molar-refractivity contribution in [2.45, 2.75) is 0 Å². The maximum atomic E-state index is 4.41. The highest BCUT2D eigenvalue weighted by atomic mass is 127. The molecule has 0 saturated carbocycles. The van der Waals surface area contributed by atoms with Crippen LogP contribution in [-0.4, -0.2) is 14.4 Å². The van der Waals surface area contributed by atoms with E-state index in [4.69, 9.17) is 0 Å². The molecule has 18 heavy (non-hydrogen) atoms. The number of halogens is 2. The first kappa shape index (κ1) is 11.9. The predicted molar refractivity (Wildman–Crippen MR) is 83.1 cm³/mol. The summed E-state index contributed by atoms with van der Waals surface area (Å²) in [7, 11) is 0. The second-order valence-corrected chi connectivity index (χ2v) is 5.76. The topological polar surface area (TPSA) is 42.2 Å². The lowest BCUT2D eigenvalue weighted by Gasteiger charge is -2.07. The van der Waals surface area contributed by atoms with Gasteiger partial charge < -0.3 is 9.72 Å². The minimum absolute atomic E-state index is 0.732. The number of nitrogens with one attached hydrogen (secondary N) is 1. The maximum absolute atomic E-state index is 4.41. The average Bonchev–Trinajstić information content (AvgIpc) is 2.80. The molecule has 2 heterocycles. The van der Waals surface area contributed by atoms with Crippen LogP contribution in [0.1, 0.15) is 0 Å². The first-order valence-corrected chi connectivity index (χ1v) is 7.11. The molecule has 2 aromatic heterocycles. The third-order valence-electron chi connectivity index (χ3n) is 2.45. The number of hydrogen-bond acceptors (Lipinski definition) is 3. The second-order valence-electron chi connectivity index (χ2n) is 3.70. The van der Waals surface area contributed by atoms with Crippen LogP contribution in [0.5, 0.6) is 0 Å². The molecule has 1 N–H and O–H groups in total. The van der Waals surface area contributed by atoms with Crippen molar-refractivity contribution in [1.82, 2.24) is 14.4 Å². The minimum atomic E-state index is 0.732. The molecule has 1 aromatic carbocycles. The van der Waals surface area contributed by atoms with Gasteiger partial charge in [0.1, 0.15) is 4.60 Å². The maximum Gasteiger partial charge on any atom is 0.180 e. The van der Waals surface area contributed by atoms with Crippen molar-refractivity contribution in [3.63, 3.8) is 0 Å². The summed E-state index contributed by atoms with van der Waals surface area (Å²) in [5.41, 5.74) is 1.79. The van der Waals surface area contributed by atoms with Gasteiger partial charge in [-0.2, -0.15) is 0 Å². The molecule has 0 aliphatic carbocycles. The van der Waals surface area contributed by atoms with Crippen molar-refractivity contribution < 1.29 is 0 Å². The Kier molecular flexibility index (Phi) is 3.21. The van der Waals surface area contributed by atoms with Crippen LogP contribution in [0.25, 0.3) is 5.65 Å².